The van der Waals surface area contributed by atoms with E-state index in [4.69, 9.17) is 23.2 Å². The van der Waals surface area contributed by atoms with Crippen molar-refractivity contribution in [2.75, 3.05) is 31.1 Å². The number of nitrogens with zero attached hydrogens (tertiary/aromatic N) is 4. The Morgan fingerprint density at radius 3 is 2.48 bits per heavy atom. The van der Waals surface area contributed by atoms with Crippen LogP contribution < -0.4 is 4.90 Å². The Bertz CT molecular complexity index is 539. The standard InChI is InChI=1S/C14H18Cl2N4O/c1-13(10-14(13,15)16)11(21)19-6-3-7-20(9-8-19)12-17-4-2-5-18-12/h2,4-5H,3,6-10H2,1H3/t13-/m1/s1. The average molecular weight is 329 g/mol. The van der Waals surface area contributed by atoms with Crippen molar-refractivity contribution in [1.29, 1.82) is 0 Å². The van der Waals surface area contributed by atoms with Crippen LogP contribution in [0.2, 0.25) is 0 Å². The van der Waals surface area contributed by atoms with Crippen molar-refractivity contribution < 1.29 is 4.79 Å². The molecule has 5 nitrogen and oxygen atoms in total. The molecular formula is C14H18Cl2N4O. The summed E-state index contributed by atoms with van der Waals surface area (Å²) in [6, 6.07) is 1.80. The fourth-order valence-corrected chi connectivity index (χ4v) is 3.45. The first-order valence-corrected chi connectivity index (χ1v) is 7.89. The van der Waals surface area contributed by atoms with E-state index in [-0.39, 0.29) is 5.91 Å². The summed E-state index contributed by atoms with van der Waals surface area (Å²) in [5, 5.41) is 0. The van der Waals surface area contributed by atoms with Crippen LogP contribution in [0.5, 0.6) is 0 Å². The molecule has 1 aromatic rings. The van der Waals surface area contributed by atoms with Gasteiger partial charge in [0.2, 0.25) is 11.9 Å². The number of carbonyl (C=O) groups is 1. The molecule has 1 aromatic heterocycles. The zero-order chi connectivity index (χ0) is 15.1. The molecule has 0 radical (unpaired) electrons. The van der Waals surface area contributed by atoms with Crippen LogP contribution in [-0.2, 0) is 4.79 Å². The van der Waals surface area contributed by atoms with Gasteiger partial charge in [-0.15, -0.1) is 23.2 Å². The molecule has 0 spiro atoms. The number of amides is 1. The summed E-state index contributed by atoms with van der Waals surface area (Å²) >= 11 is 12.2. The number of hydrogen-bond donors (Lipinski definition) is 0. The minimum atomic E-state index is -0.904. The largest absolute Gasteiger partial charge is 0.340 e. The monoisotopic (exact) mass is 328 g/mol. The normalized spacial score (nSPS) is 28.1. The summed E-state index contributed by atoms with van der Waals surface area (Å²) in [6.45, 7) is 4.79. The SMILES string of the molecule is C[C@]1(C(=O)N2CCCN(c3ncccn3)CC2)CC1(Cl)Cl. The minimum absolute atomic E-state index is 0.0586. The van der Waals surface area contributed by atoms with Crippen molar-refractivity contribution >= 4 is 35.1 Å². The van der Waals surface area contributed by atoms with Gasteiger partial charge in [0.25, 0.3) is 0 Å². The van der Waals surface area contributed by atoms with Crippen LogP contribution in [0.25, 0.3) is 0 Å². The van der Waals surface area contributed by atoms with Gasteiger partial charge in [-0.25, -0.2) is 9.97 Å². The molecule has 7 heteroatoms. The third-order valence-electron chi connectivity index (χ3n) is 4.35. The van der Waals surface area contributed by atoms with Crippen molar-refractivity contribution in [1.82, 2.24) is 14.9 Å². The molecular weight excluding hydrogens is 311 g/mol. The molecule has 2 aliphatic rings. The summed E-state index contributed by atoms with van der Waals surface area (Å²) in [7, 11) is 0. The summed E-state index contributed by atoms with van der Waals surface area (Å²) in [4.78, 5) is 25.1. The van der Waals surface area contributed by atoms with E-state index in [9.17, 15) is 4.79 Å². The van der Waals surface area contributed by atoms with Gasteiger partial charge < -0.3 is 9.80 Å². The predicted molar refractivity (Wildman–Crippen MR) is 82.6 cm³/mol. The maximum Gasteiger partial charge on any atom is 0.231 e. The highest BCUT2D eigenvalue weighted by molar-refractivity contribution is 6.53. The van der Waals surface area contributed by atoms with Gasteiger partial charge in [-0.05, 0) is 25.8 Å². The molecule has 0 unspecified atom stereocenters. The lowest BCUT2D eigenvalue weighted by Gasteiger charge is -2.25. The molecule has 3 rings (SSSR count). The van der Waals surface area contributed by atoms with E-state index in [1.54, 1.807) is 18.5 Å². The lowest BCUT2D eigenvalue weighted by Crippen LogP contribution is -2.40. The molecule has 0 N–H and O–H groups in total. The number of anilines is 1. The minimum Gasteiger partial charge on any atom is -0.340 e. The maximum absolute atomic E-state index is 12.6. The van der Waals surface area contributed by atoms with Gasteiger partial charge in [-0.3, -0.25) is 4.79 Å². The van der Waals surface area contributed by atoms with E-state index >= 15 is 0 Å². The summed E-state index contributed by atoms with van der Waals surface area (Å²) < 4.78 is -0.904. The van der Waals surface area contributed by atoms with E-state index in [0.717, 1.165) is 26.1 Å². The van der Waals surface area contributed by atoms with E-state index in [1.165, 1.54) is 0 Å². The summed E-state index contributed by atoms with van der Waals surface area (Å²) in [6.07, 6.45) is 4.88. The van der Waals surface area contributed by atoms with E-state index < -0.39 is 9.75 Å². The first kappa shape index (κ1) is 14.9. The molecule has 2 heterocycles. The fraction of sp³-hybridized carbons (Fsp3) is 0.643. The van der Waals surface area contributed by atoms with E-state index in [1.807, 2.05) is 11.8 Å². The van der Waals surface area contributed by atoms with Gasteiger partial charge in [-0.2, -0.15) is 0 Å². The van der Waals surface area contributed by atoms with Crippen LogP contribution >= 0.6 is 23.2 Å². The van der Waals surface area contributed by atoms with Crippen LogP contribution in [0.15, 0.2) is 18.5 Å². The van der Waals surface area contributed by atoms with Gasteiger partial charge in [0.1, 0.15) is 4.33 Å². The average Bonchev–Trinajstić information content (AvgIpc) is 3.09. The molecule has 0 bridgehead atoms. The second-order valence-electron chi connectivity index (χ2n) is 5.89. The zero-order valence-electron chi connectivity index (χ0n) is 11.9. The predicted octanol–water partition coefficient (Wildman–Crippen LogP) is 2.10. The van der Waals surface area contributed by atoms with Crippen molar-refractivity contribution in [2.24, 2.45) is 5.41 Å². The Kier molecular flexibility index (Phi) is 3.74. The number of alkyl halides is 2. The highest BCUT2D eigenvalue weighted by Crippen LogP contribution is 2.64. The van der Waals surface area contributed by atoms with Crippen LogP contribution in [0.4, 0.5) is 5.95 Å². The lowest BCUT2D eigenvalue weighted by molar-refractivity contribution is -0.136. The molecule has 0 aromatic carbocycles. The van der Waals surface area contributed by atoms with Crippen molar-refractivity contribution in [3.63, 3.8) is 0 Å². The van der Waals surface area contributed by atoms with Gasteiger partial charge >= 0.3 is 0 Å². The molecule has 2 fully saturated rings. The quantitative estimate of drug-likeness (QED) is 0.780. The smallest absolute Gasteiger partial charge is 0.231 e. The van der Waals surface area contributed by atoms with Gasteiger partial charge in [0.05, 0.1) is 5.41 Å². The Morgan fingerprint density at radius 2 is 1.86 bits per heavy atom. The van der Waals surface area contributed by atoms with Gasteiger partial charge in [0.15, 0.2) is 0 Å². The van der Waals surface area contributed by atoms with Crippen LogP contribution in [0.1, 0.15) is 19.8 Å². The third-order valence-corrected chi connectivity index (χ3v) is 5.45. The number of carbonyl (C=O) groups excluding carboxylic acids is 1. The van der Waals surface area contributed by atoms with E-state index in [0.29, 0.717) is 18.9 Å². The Balaban J connectivity index is 1.65. The molecule has 1 atom stereocenters. The van der Waals surface area contributed by atoms with Crippen molar-refractivity contribution in [3.05, 3.63) is 18.5 Å². The highest BCUT2D eigenvalue weighted by atomic mass is 35.5. The van der Waals surface area contributed by atoms with Crippen molar-refractivity contribution in [3.8, 4) is 0 Å². The van der Waals surface area contributed by atoms with Crippen molar-refractivity contribution in [2.45, 2.75) is 24.1 Å². The topological polar surface area (TPSA) is 49.3 Å². The molecule has 114 valence electrons. The first-order chi connectivity index (χ1) is 9.94. The lowest BCUT2D eigenvalue weighted by atomic mass is 10.1. The summed E-state index contributed by atoms with van der Waals surface area (Å²) in [5.74, 6) is 0.775. The molecule has 1 aliphatic carbocycles. The Morgan fingerprint density at radius 1 is 1.19 bits per heavy atom. The number of rotatable bonds is 2. The van der Waals surface area contributed by atoms with Crippen LogP contribution in [0.3, 0.4) is 0 Å². The molecule has 1 amide bonds. The second-order valence-corrected chi connectivity index (χ2v) is 7.38. The number of hydrogen-bond acceptors (Lipinski definition) is 4. The molecule has 1 saturated heterocycles. The highest BCUT2D eigenvalue weighted by Gasteiger charge is 2.68. The summed E-state index contributed by atoms with van der Waals surface area (Å²) in [5.41, 5.74) is -0.630. The molecule has 1 aliphatic heterocycles. The van der Waals surface area contributed by atoms with Gasteiger partial charge in [0, 0.05) is 38.6 Å². The fourth-order valence-electron chi connectivity index (χ4n) is 2.76. The molecule has 21 heavy (non-hydrogen) atoms. The third kappa shape index (κ3) is 2.69. The van der Waals surface area contributed by atoms with E-state index in [2.05, 4.69) is 14.9 Å². The second kappa shape index (κ2) is 5.29. The number of aromatic nitrogens is 2. The van der Waals surface area contributed by atoms with Crippen LogP contribution in [-0.4, -0.2) is 51.3 Å². The zero-order valence-corrected chi connectivity index (χ0v) is 13.4. The van der Waals surface area contributed by atoms with Crippen LogP contribution in [0, 0.1) is 5.41 Å². The first-order valence-electron chi connectivity index (χ1n) is 7.13. The Labute approximate surface area is 134 Å². The Hall–Kier alpha value is -1.07. The molecule has 1 saturated carbocycles. The van der Waals surface area contributed by atoms with Gasteiger partial charge in [-0.1, -0.05) is 0 Å². The number of halogens is 2. The maximum atomic E-state index is 12.6.